The molecule has 0 aromatic carbocycles. The summed E-state index contributed by atoms with van der Waals surface area (Å²) in [6.07, 6.45) is 7.93. The Hall–Kier alpha value is -0.730. The van der Waals surface area contributed by atoms with Crippen molar-refractivity contribution in [2.24, 2.45) is 11.7 Å². The van der Waals surface area contributed by atoms with Crippen LogP contribution in [-0.4, -0.2) is 24.5 Å². The van der Waals surface area contributed by atoms with Gasteiger partial charge in [-0.05, 0) is 12.3 Å². The Bertz CT molecular complexity index is 164. The molecule has 2 N–H and O–H groups in total. The normalized spacial score (nSPS) is 18.5. The lowest BCUT2D eigenvalue weighted by Gasteiger charge is -2.23. The summed E-state index contributed by atoms with van der Waals surface area (Å²) in [7, 11) is 1.77. The highest BCUT2D eigenvalue weighted by molar-refractivity contribution is 5.71. The molecule has 0 bridgehead atoms. The van der Waals surface area contributed by atoms with Gasteiger partial charge in [-0.3, -0.25) is 0 Å². The van der Waals surface area contributed by atoms with Gasteiger partial charge in [0, 0.05) is 13.6 Å². The minimum Gasteiger partial charge on any atom is -0.351 e. The molecule has 2 amide bonds. The Morgan fingerprint density at radius 2 is 2.00 bits per heavy atom. The molecule has 1 fully saturated rings. The third kappa shape index (κ3) is 3.66. The molecular formula is C10H20N2O. The number of carbonyl (C=O) groups excluding carboxylic acids is 1. The molecule has 0 spiro atoms. The lowest BCUT2D eigenvalue weighted by Crippen LogP contribution is -2.33. The fourth-order valence-corrected chi connectivity index (χ4v) is 1.96. The van der Waals surface area contributed by atoms with Crippen LogP contribution < -0.4 is 5.73 Å². The van der Waals surface area contributed by atoms with Gasteiger partial charge in [0.15, 0.2) is 0 Å². The Morgan fingerprint density at radius 1 is 1.38 bits per heavy atom. The van der Waals surface area contributed by atoms with Gasteiger partial charge < -0.3 is 10.6 Å². The fourth-order valence-electron chi connectivity index (χ4n) is 1.96. The highest BCUT2D eigenvalue weighted by atomic mass is 16.2. The second kappa shape index (κ2) is 5.10. The van der Waals surface area contributed by atoms with Crippen molar-refractivity contribution in [3.8, 4) is 0 Å². The van der Waals surface area contributed by atoms with Gasteiger partial charge in [-0.15, -0.1) is 0 Å². The highest BCUT2D eigenvalue weighted by Gasteiger charge is 2.14. The van der Waals surface area contributed by atoms with Crippen LogP contribution in [-0.2, 0) is 0 Å². The van der Waals surface area contributed by atoms with Gasteiger partial charge >= 0.3 is 6.03 Å². The van der Waals surface area contributed by atoms with Crippen LogP contribution in [0.3, 0.4) is 0 Å². The molecule has 0 radical (unpaired) electrons. The first-order valence-corrected chi connectivity index (χ1v) is 5.20. The smallest absolute Gasteiger partial charge is 0.314 e. The van der Waals surface area contributed by atoms with Crippen LogP contribution >= 0.6 is 0 Å². The Balaban J connectivity index is 2.13. The van der Waals surface area contributed by atoms with E-state index in [4.69, 9.17) is 5.73 Å². The standard InChI is InChI=1S/C10H20N2O/c1-12(10(11)13)8-7-9-5-3-2-4-6-9/h9H,2-8H2,1H3,(H2,11,13). The van der Waals surface area contributed by atoms with Crippen molar-refractivity contribution >= 4 is 6.03 Å². The van der Waals surface area contributed by atoms with Gasteiger partial charge in [0.05, 0.1) is 0 Å². The third-order valence-corrected chi connectivity index (χ3v) is 2.97. The van der Waals surface area contributed by atoms with E-state index in [9.17, 15) is 4.79 Å². The number of nitrogens with zero attached hydrogens (tertiary/aromatic N) is 1. The molecule has 3 nitrogen and oxygen atoms in total. The lowest BCUT2D eigenvalue weighted by atomic mass is 9.87. The molecule has 0 unspecified atom stereocenters. The van der Waals surface area contributed by atoms with E-state index in [0.29, 0.717) is 0 Å². The van der Waals surface area contributed by atoms with Crippen LogP contribution in [0, 0.1) is 5.92 Å². The zero-order chi connectivity index (χ0) is 9.68. The molecular weight excluding hydrogens is 164 g/mol. The van der Waals surface area contributed by atoms with E-state index in [-0.39, 0.29) is 6.03 Å². The monoisotopic (exact) mass is 184 g/mol. The quantitative estimate of drug-likeness (QED) is 0.716. The molecule has 0 heterocycles. The number of nitrogens with two attached hydrogens (primary N) is 1. The Morgan fingerprint density at radius 3 is 2.54 bits per heavy atom. The van der Waals surface area contributed by atoms with E-state index < -0.39 is 0 Å². The predicted molar refractivity (Wildman–Crippen MR) is 53.4 cm³/mol. The SMILES string of the molecule is CN(CCC1CCCCC1)C(N)=O. The molecule has 0 aromatic rings. The first-order chi connectivity index (χ1) is 6.20. The predicted octanol–water partition coefficient (Wildman–Crippen LogP) is 1.97. The zero-order valence-corrected chi connectivity index (χ0v) is 8.46. The van der Waals surface area contributed by atoms with Crippen LogP contribution in [0.5, 0.6) is 0 Å². The molecule has 1 aliphatic rings. The molecule has 0 atom stereocenters. The summed E-state index contributed by atoms with van der Waals surface area (Å²) in [5.41, 5.74) is 5.14. The Labute approximate surface area is 80.3 Å². The maximum absolute atomic E-state index is 10.7. The minimum atomic E-state index is -0.309. The number of primary amides is 1. The Kier molecular flexibility index (Phi) is 4.06. The molecule has 76 valence electrons. The average molecular weight is 184 g/mol. The van der Waals surface area contributed by atoms with E-state index in [1.54, 1.807) is 11.9 Å². The maximum atomic E-state index is 10.7. The van der Waals surface area contributed by atoms with Gasteiger partial charge in [0.25, 0.3) is 0 Å². The maximum Gasteiger partial charge on any atom is 0.314 e. The number of hydrogen-bond donors (Lipinski definition) is 1. The number of hydrogen-bond acceptors (Lipinski definition) is 1. The topological polar surface area (TPSA) is 46.3 Å². The van der Waals surface area contributed by atoms with Crippen molar-refractivity contribution in [3.63, 3.8) is 0 Å². The second-order valence-electron chi connectivity index (χ2n) is 4.05. The molecule has 13 heavy (non-hydrogen) atoms. The van der Waals surface area contributed by atoms with Gasteiger partial charge in [0.2, 0.25) is 0 Å². The van der Waals surface area contributed by atoms with Crippen molar-refractivity contribution in [3.05, 3.63) is 0 Å². The third-order valence-electron chi connectivity index (χ3n) is 2.97. The van der Waals surface area contributed by atoms with Crippen molar-refractivity contribution in [2.75, 3.05) is 13.6 Å². The first kappa shape index (κ1) is 10.4. The van der Waals surface area contributed by atoms with Crippen LogP contribution in [0.1, 0.15) is 38.5 Å². The van der Waals surface area contributed by atoms with E-state index in [2.05, 4.69) is 0 Å². The molecule has 1 aliphatic carbocycles. The summed E-state index contributed by atoms with van der Waals surface area (Å²) in [5, 5.41) is 0. The number of urea groups is 1. The van der Waals surface area contributed by atoms with Crippen LogP contribution in [0.25, 0.3) is 0 Å². The summed E-state index contributed by atoms with van der Waals surface area (Å²) >= 11 is 0. The highest BCUT2D eigenvalue weighted by Crippen LogP contribution is 2.26. The lowest BCUT2D eigenvalue weighted by molar-refractivity contribution is 0.211. The van der Waals surface area contributed by atoms with Crippen molar-refractivity contribution in [2.45, 2.75) is 38.5 Å². The summed E-state index contributed by atoms with van der Waals surface area (Å²) in [5.74, 6) is 0.829. The summed E-state index contributed by atoms with van der Waals surface area (Å²) < 4.78 is 0. The van der Waals surface area contributed by atoms with E-state index in [1.807, 2.05) is 0 Å². The van der Waals surface area contributed by atoms with Gasteiger partial charge in [-0.25, -0.2) is 4.79 Å². The first-order valence-electron chi connectivity index (χ1n) is 5.20. The molecule has 3 heteroatoms. The summed E-state index contributed by atoms with van der Waals surface area (Å²) in [4.78, 5) is 12.3. The van der Waals surface area contributed by atoms with Crippen molar-refractivity contribution in [1.29, 1.82) is 0 Å². The summed E-state index contributed by atoms with van der Waals surface area (Å²) in [6.45, 7) is 0.819. The molecule has 0 aliphatic heterocycles. The van der Waals surface area contributed by atoms with Crippen LogP contribution in [0.15, 0.2) is 0 Å². The van der Waals surface area contributed by atoms with Gasteiger partial charge in [0.1, 0.15) is 0 Å². The minimum absolute atomic E-state index is 0.309. The van der Waals surface area contributed by atoms with Crippen molar-refractivity contribution in [1.82, 2.24) is 4.90 Å². The largest absolute Gasteiger partial charge is 0.351 e. The number of rotatable bonds is 3. The molecule has 0 saturated heterocycles. The summed E-state index contributed by atoms with van der Waals surface area (Å²) in [6, 6.07) is -0.309. The molecule has 1 rings (SSSR count). The molecule has 0 aromatic heterocycles. The number of carbonyl (C=O) groups is 1. The number of amides is 2. The average Bonchev–Trinajstić information content (AvgIpc) is 2.15. The van der Waals surface area contributed by atoms with Gasteiger partial charge in [-0.1, -0.05) is 32.1 Å². The van der Waals surface area contributed by atoms with E-state index >= 15 is 0 Å². The molecule has 1 saturated carbocycles. The second-order valence-corrected chi connectivity index (χ2v) is 4.05. The zero-order valence-electron chi connectivity index (χ0n) is 8.46. The van der Waals surface area contributed by atoms with Gasteiger partial charge in [-0.2, -0.15) is 0 Å². The van der Waals surface area contributed by atoms with E-state index in [0.717, 1.165) is 18.9 Å². The van der Waals surface area contributed by atoms with E-state index in [1.165, 1.54) is 32.1 Å². The van der Waals surface area contributed by atoms with Crippen molar-refractivity contribution < 1.29 is 4.79 Å². The van der Waals surface area contributed by atoms with Crippen LogP contribution in [0.2, 0.25) is 0 Å². The van der Waals surface area contributed by atoms with Crippen LogP contribution in [0.4, 0.5) is 4.79 Å². The fraction of sp³-hybridized carbons (Fsp3) is 0.900.